The molecule has 0 radical (unpaired) electrons. The van der Waals surface area contributed by atoms with E-state index in [0.717, 1.165) is 6.42 Å². The molecule has 20 heavy (non-hydrogen) atoms. The van der Waals surface area contributed by atoms with E-state index in [9.17, 15) is 23.1 Å². The second kappa shape index (κ2) is 5.23. The molecule has 0 unspecified atom stereocenters. The number of aliphatic carboxylic acids is 1. The molecule has 0 aromatic carbocycles. The van der Waals surface area contributed by atoms with Gasteiger partial charge in [0.1, 0.15) is 0 Å². The van der Waals surface area contributed by atoms with Gasteiger partial charge < -0.3 is 5.11 Å². The zero-order chi connectivity index (χ0) is 15.1. The molecule has 0 heterocycles. The molecular weight excluding hydrogens is 269 g/mol. The molecule has 0 saturated heterocycles. The summed E-state index contributed by atoms with van der Waals surface area (Å²) in [6.45, 7) is 4.12. The van der Waals surface area contributed by atoms with Crippen LogP contribution in [0.1, 0.15) is 52.4 Å². The second-order valence-corrected chi connectivity index (χ2v) is 7.33. The highest BCUT2D eigenvalue weighted by molar-refractivity contribution is 5.71. The zero-order valence-electron chi connectivity index (χ0n) is 12.0. The van der Waals surface area contributed by atoms with Crippen LogP contribution in [0.5, 0.6) is 0 Å². The van der Waals surface area contributed by atoms with Crippen LogP contribution in [-0.4, -0.2) is 17.3 Å². The highest BCUT2D eigenvalue weighted by Crippen LogP contribution is 2.52. The van der Waals surface area contributed by atoms with E-state index in [1.165, 1.54) is 0 Å². The fourth-order valence-electron chi connectivity index (χ4n) is 4.25. The van der Waals surface area contributed by atoms with Crippen LogP contribution in [0.3, 0.4) is 0 Å². The lowest BCUT2D eigenvalue weighted by atomic mass is 9.72. The summed E-state index contributed by atoms with van der Waals surface area (Å²) in [5, 5.41) is 9.35. The number of carboxylic acid groups (broad SMARTS) is 1. The molecule has 1 N–H and O–H groups in total. The first kappa shape index (κ1) is 15.6. The highest BCUT2D eigenvalue weighted by Gasteiger charge is 2.49. The van der Waals surface area contributed by atoms with E-state index < -0.39 is 18.1 Å². The Morgan fingerprint density at radius 1 is 1.10 bits per heavy atom. The molecular formula is C15H23F3O2. The molecule has 0 aromatic rings. The molecule has 0 aliphatic heterocycles. The predicted octanol–water partition coefficient (Wildman–Crippen LogP) is 4.49. The van der Waals surface area contributed by atoms with E-state index in [0.29, 0.717) is 19.3 Å². The molecule has 2 fully saturated rings. The van der Waals surface area contributed by atoms with Gasteiger partial charge in [0.2, 0.25) is 0 Å². The predicted molar refractivity (Wildman–Crippen MR) is 69.1 cm³/mol. The Bertz CT molecular complexity index is 368. The molecule has 2 atom stereocenters. The van der Waals surface area contributed by atoms with Crippen molar-refractivity contribution in [1.82, 2.24) is 0 Å². The van der Waals surface area contributed by atoms with Gasteiger partial charge in [-0.3, -0.25) is 4.79 Å². The van der Waals surface area contributed by atoms with Crippen molar-refractivity contribution in [3.05, 3.63) is 0 Å². The molecule has 2 aliphatic carbocycles. The first-order chi connectivity index (χ1) is 9.10. The van der Waals surface area contributed by atoms with Crippen LogP contribution in [0, 0.1) is 29.1 Å². The number of alkyl halides is 3. The summed E-state index contributed by atoms with van der Waals surface area (Å²) >= 11 is 0. The average molecular weight is 292 g/mol. The molecule has 2 nitrogen and oxygen atoms in total. The lowest BCUT2D eigenvalue weighted by molar-refractivity contribution is -0.185. The fraction of sp³-hybridized carbons (Fsp3) is 0.933. The fourth-order valence-corrected chi connectivity index (χ4v) is 4.25. The minimum Gasteiger partial charge on any atom is -0.481 e. The van der Waals surface area contributed by atoms with Gasteiger partial charge in [-0.1, -0.05) is 13.8 Å². The Kier molecular flexibility index (Phi) is 4.09. The standard InChI is InChI=1S/C15H23F3O2/c1-14(2)7-11(12(8-14)13(19)20)9-3-5-10(6-4-9)15(16,17)18/h9-12H,3-8H2,1-2H3,(H,19,20)/t9?,10?,11-,12+/m0/s1. The van der Waals surface area contributed by atoms with Crippen LogP contribution in [0.4, 0.5) is 13.2 Å². The van der Waals surface area contributed by atoms with Gasteiger partial charge in [0.25, 0.3) is 0 Å². The highest BCUT2D eigenvalue weighted by atomic mass is 19.4. The second-order valence-electron chi connectivity index (χ2n) is 7.33. The summed E-state index contributed by atoms with van der Waals surface area (Å²) in [5.74, 6) is -2.14. The van der Waals surface area contributed by atoms with Crippen LogP contribution in [-0.2, 0) is 4.79 Å². The van der Waals surface area contributed by atoms with Gasteiger partial charge in [-0.05, 0) is 55.8 Å². The minimum atomic E-state index is -4.09. The van der Waals surface area contributed by atoms with E-state index in [1.54, 1.807) is 0 Å². The lowest BCUT2D eigenvalue weighted by Gasteiger charge is -2.34. The molecule has 0 amide bonds. The third-order valence-electron chi connectivity index (χ3n) is 5.24. The first-order valence-corrected chi connectivity index (χ1v) is 7.40. The molecule has 2 rings (SSSR count). The summed E-state index contributed by atoms with van der Waals surface area (Å²) in [7, 11) is 0. The van der Waals surface area contributed by atoms with Crippen molar-refractivity contribution < 1.29 is 23.1 Å². The lowest BCUT2D eigenvalue weighted by Crippen LogP contribution is -2.32. The number of rotatable bonds is 2. The normalized spacial score (nSPS) is 37.9. The number of hydrogen-bond donors (Lipinski definition) is 1. The van der Waals surface area contributed by atoms with E-state index >= 15 is 0 Å². The van der Waals surface area contributed by atoms with Crippen molar-refractivity contribution in [3.8, 4) is 0 Å². The van der Waals surface area contributed by atoms with Crippen molar-refractivity contribution in [2.24, 2.45) is 29.1 Å². The SMILES string of the molecule is CC1(C)C[C@@H](C(=O)O)[C@H](C2CCC(C(F)(F)F)CC2)C1. The van der Waals surface area contributed by atoms with E-state index in [2.05, 4.69) is 13.8 Å². The van der Waals surface area contributed by atoms with Crippen LogP contribution < -0.4 is 0 Å². The Balaban J connectivity index is 2.01. The summed E-state index contributed by atoms with van der Waals surface area (Å²) < 4.78 is 38.0. The van der Waals surface area contributed by atoms with Crippen LogP contribution >= 0.6 is 0 Å². The maximum atomic E-state index is 12.7. The summed E-state index contributed by atoms with van der Waals surface area (Å²) in [5.41, 5.74) is -0.00536. The van der Waals surface area contributed by atoms with Crippen molar-refractivity contribution in [2.75, 3.05) is 0 Å². The van der Waals surface area contributed by atoms with Crippen LogP contribution in [0.2, 0.25) is 0 Å². The summed E-state index contributed by atoms with van der Waals surface area (Å²) in [4.78, 5) is 11.4. The number of hydrogen-bond acceptors (Lipinski definition) is 1. The van der Waals surface area contributed by atoms with Crippen molar-refractivity contribution in [2.45, 2.75) is 58.5 Å². The Labute approximate surface area is 117 Å². The molecule has 2 saturated carbocycles. The summed E-state index contributed by atoms with van der Waals surface area (Å²) in [6, 6.07) is 0. The van der Waals surface area contributed by atoms with Gasteiger partial charge in [-0.25, -0.2) is 0 Å². The Morgan fingerprint density at radius 2 is 1.65 bits per heavy atom. The van der Waals surface area contributed by atoms with E-state index in [4.69, 9.17) is 0 Å². The maximum absolute atomic E-state index is 12.7. The number of carbonyl (C=O) groups is 1. The molecule has 5 heteroatoms. The van der Waals surface area contributed by atoms with Gasteiger partial charge >= 0.3 is 12.1 Å². The zero-order valence-corrected chi connectivity index (χ0v) is 12.0. The summed E-state index contributed by atoms with van der Waals surface area (Å²) in [6.07, 6.45) is -1.25. The largest absolute Gasteiger partial charge is 0.481 e. The monoisotopic (exact) mass is 292 g/mol. The topological polar surface area (TPSA) is 37.3 Å². The third-order valence-corrected chi connectivity index (χ3v) is 5.24. The minimum absolute atomic E-state index is 0.00536. The van der Waals surface area contributed by atoms with Crippen molar-refractivity contribution in [1.29, 1.82) is 0 Å². The molecule has 0 bridgehead atoms. The van der Waals surface area contributed by atoms with Crippen molar-refractivity contribution >= 4 is 5.97 Å². The smallest absolute Gasteiger partial charge is 0.391 e. The van der Waals surface area contributed by atoms with Gasteiger partial charge in [0.05, 0.1) is 11.8 Å². The number of halogens is 3. The number of carboxylic acids is 1. The quantitative estimate of drug-likeness (QED) is 0.814. The van der Waals surface area contributed by atoms with Gasteiger partial charge in [0.15, 0.2) is 0 Å². The van der Waals surface area contributed by atoms with Gasteiger partial charge in [-0.2, -0.15) is 13.2 Å². The molecule has 0 aromatic heterocycles. The van der Waals surface area contributed by atoms with E-state index in [1.807, 2.05) is 0 Å². The Morgan fingerprint density at radius 3 is 2.10 bits per heavy atom. The molecule has 116 valence electrons. The van der Waals surface area contributed by atoms with E-state index in [-0.39, 0.29) is 36.0 Å². The first-order valence-electron chi connectivity index (χ1n) is 7.40. The average Bonchev–Trinajstić information content (AvgIpc) is 2.65. The van der Waals surface area contributed by atoms with Crippen molar-refractivity contribution in [3.63, 3.8) is 0 Å². The maximum Gasteiger partial charge on any atom is 0.391 e. The van der Waals surface area contributed by atoms with Crippen LogP contribution in [0.15, 0.2) is 0 Å². The van der Waals surface area contributed by atoms with Gasteiger partial charge in [-0.15, -0.1) is 0 Å². The van der Waals surface area contributed by atoms with Gasteiger partial charge in [0, 0.05) is 0 Å². The van der Waals surface area contributed by atoms with Crippen LogP contribution in [0.25, 0.3) is 0 Å². The Hall–Kier alpha value is -0.740. The third kappa shape index (κ3) is 3.29. The molecule has 0 spiro atoms. The molecule has 2 aliphatic rings.